The van der Waals surface area contributed by atoms with Crippen LogP contribution in [0.1, 0.15) is 0 Å². The quantitative estimate of drug-likeness (QED) is 0.292. The van der Waals surface area contributed by atoms with Crippen molar-refractivity contribution in [3.05, 3.63) is 29.1 Å². The van der Waals surface area contributed by atoms with Crippen molar-refractivity contribution >= 4 is 9.84 Å². The molecule has 0 unspecified atom stereocenters. The molecule has 1 aromatic rings. The van der Waals surface area contributed by atoms with E-state index >= 15 is 0 Å². The standard InChI is InChI=1S/C10F14O2S/c11-1-2(12)4(14)6(5(15)3(1)13)27(25,26)10(23,24)8(18,19)7(16,17)9(20,21)22. The van der Waals surface area contributed by atoms with Crippen LogP contribution in [0, 0.1) is 29.1 Å². The highest BCUT2D eigenvalue weighted by molar-refractivity contribution is 7.92. The van der Waals surface area contributed by atoms with Gasteiger partial charge in [-0.3, -0.25) is 0 Å². The van der Waals surface area contributed by atoms with Crippen LogP contribution in [0.5, 0.6) is 0 Å². The Kier molecular flexibility index (Phi) is 5.25. The summed E-state index contributed by atoms with van der Waals surface area (Å²) in [5.41, 5.74) is 0. The van der Waals surface area contributed by atoms with Crippen LogP contribution in [0.15, 0.2) is 4.90 Å². The van der Waals surface area contributed by atoms with Gasteiger partial charge in [-0.2, -0.15) is 39.5 Å². The van der Waals surface area contributed by atoms with E-state index in [4.69, 9.17) is 0 Å². The van der Waals surface area contributed by atoms with Gasteiger partial charge in [0.25, 0.3) is 9.84 Å². The molecule has 0 radical (unpaired) electrons. The number of halogens is 14. The van der Waals surface area contributed by atoms with E-state index in [1.54, 1.807) is 0 Å². The van der Waals surface area contributed by atoms with Crippen molar-refractivity contribution in [1.29, 1.82) is 0 Å². The second-order valence-corrected chi connectivity index (χ2v) is 6.49. The maximum atomic E-state index is 13.4. The Bertz CT molecular complexity index is 840. The molecule has 0 aliphatic heterocycles. The molecule has 1 aromatic carbocycles. The van der Waals surface area contributed by atoms with Crippen LogP contribution in [-0.2, 0) is 9.84 Å². The number of benzene rings is 1. The molecule has 0 aliphatic rings. The Morgan fingerprint density at radius 3 is 1.11 bits per heavy atom. The van der Waals surface area contributed by atoms with Crippen molar-refractivity contribution in [3.63, 3.8) is 0 Å². The topological polar surface area (TPSA) is 34.1 Å². The average molecular weight is 450 g/mol. The van der Waals surface area contributed by atoms with E-state index < -0.39 is 67.1 Å². The van der Waals surface area contributed by atoms with Crippen LogP contribution < -0.4 is 0 Å². The molecule has 0 heterocycles. The molecule has 0 saturated heterocycles. The van der Waals surface area contributed by atoms with Gasteiger partial charge in [-0.15, -0.1) is 0 Å². The normalized spacial score (nSPS) is 14.6. The summed E-state index contributed by atoms with van der Waals surface area (Å²) in [5.74, 6) is -32.8. The van der Waals surface area contributed by atoms with Gasteiger partial charge in [0, 0.05) is 0 Å². The van der Waals surface area contributed by atoms with E-state index in [0.29, 0.717) is 0 Å². The fraction of sp³-hybridized carbons (Fsp3) is 0.400. The SMILES string of the molecule is O=S(=O)(c1c(F)c(F)c(F)c(F)c1F)C(F)(F)C(F)(F)C(F)(F)C(F)(F)F. The lowest BCUT2D eigenvalue weighted by Crippen LogP contribution is -2.63. The van der Waals surface area contributed by atoms with Crippen LogP contribution >= 0.6 is 0 Å². The third-order valence-electron chi connectivity index (χ3n) is 2.89. The molecule has 0 amide bonds. The Hall–Kier alpha value is -1.81. The number of hydrogen-bond acceptors (Lipinski definition) is 2. The zero-order valence-electron chi connectivity index (χ0n) is 11.5. The van der Waals surface area contributed by atoms with Gasteiger partial charge in [0.2, 0.25) is 5.82 Å². The Balaban J connectivity index is 3.90. The van der Waals surface area contributed by atoms with Crippen LogP contribution in [0.3, 0.4) is 0 Å². The highest BCUT2D eigenvalue weighted by Crippen LogP contribution is 2.56. The van der Waals surface area contributed by atoms with Crippen LogP contribution in [0.4, 0.5) is 61.5 Å². The first-order valence-corrected chi connectivity index (χ1v) is 7.12. The summed E-state index contributed by atoms with van der Waals surface area (Å²) < 4.78 is 202. The van der Waals surface area contributed by atoms with Gasteiger partial charge >= 0.3 is 23.3 Å². The second kappa shape index (κ2) is 6.10. The summed E-state index contributed by atoms with van der Waals surface area (Å²) in [6.45, 7) is 0. The molecule has 0 spiro atoms. The number of rotatable bonds is 4. The summed E-state index contributed by atoms with van der Waals surface area (Å²) in [7, 11) is -8.02. The van der Waals surface area contributed by atoms with Crippen LogP contribution in [-0.4, -0.2) is 31.7 Å². The summed E-state index contributed by atoms with van der Waals surface area (Å²) in [5, 5.41) is -7.67. The molecule has 27 heavy (non-hydrogen) atoms. The molecule has 1 rings (SSSR count). The monoisotopic (exact) mass is 450 g/mol. The predicted octanol–water partition coefficient (Wildman–Crippen LogP) is 4.58. The van der Waals surface area contributed by atoms with Gasteiger partial charge < -0.3 is 0 Å². The summed E-state index contributed by atoms with van der Waals surface area (Å²) >= 11 is 0. The van der Waals surface area contributed by atoms with Gasteiger partial charge in [-0.25, -0.2) is 30.4 Å². The molecule has 17 heteroatoms. The van der Waals surface area contributed by atoms with Gasteiger partial charge in [-0.1, -0.05) is 0 Å². The zero-order valence-corrected chi connectivity index (χ0v) is 12.3. The van der Waals surface area contributed by atoms with Crippen molar-refractivity contribution in [2.24, 2.45) is 0 Å². The van der Waals surface area contributed by atoms with E-state index in [0.717, 1.165) is 0 Å². The van der Waals surface area contributed by atoms with E-state index in [1.807, 2.05) is 0 Å². The molecule has 0 aliphatic carbocycles. The Morgan fingerprint density at radius 2 is 0.815 bits per heavy atom. The lowest BCUT2D eigenvalue weighted by atomic mass is 10.1. The summed E-state index contributed by atoms with van der Waals surface area (Å²) in [4.78, 5) is -3.72. The predicted molar refractivity (Wildman–Crippen MR) is 54.3 cm³/mol. The first-order valence-electron chi connectivity index (χ1n) is 5.64. The summed E-state index contributed by atoms with van der Waals surface area (Å²) in [6, 6.07) is 0. The minimum absolute atomic E-state index is 3.15. The molecule has 0 atom stereocenters. The highest BCUT2D eigenvalue weighted by Gasteiger charge is 2.85. The van der Waals surface area contributed by atoms with Gasteiger partial charge in [-0.05, 0) is 0 Å². The largest absolute Gasteiger partial charge is 0.460 e. The maximum absolute atomic E-state index is 13.4. The molecule has 156 valence electrons. The average Bonchev–Trinajstić information content (AvgIpc) is 2.49. The molecule has 0 fully saturated rings. The van der Waals surface area contributed by atoms with Crippen molar-refractivity contribution < 1.29 is 69.9 Å². The number of hydrogen-bond donors (Lipinski definition) is 0. The van der Waals surface area contributed by atoms with E-state index in [-0.39, 0.29) is 0 Å². The Labute approximate surface area is 138 Å². The third-order valence-corrected chi connectivity index (χ3v) is 4.72. The minimum atomic E-state index is -8.02. The molecule has 2 nitrogen and oxygen atoms in total. The summed E-state index contributed by atoms with van der Waals surface area (Å²) in [6.07, 6.45) is -7.49. The first kappa shape index (κ1) is 23.2. The first-order chi connectivity index (χ1) is 11.7. The molecular formula is C10F14O2S. The van der Waals surface area contributed by atoms with Crippen molar-refractivity contribution in [1.82, 2.24) is 0 Å². The van der Waals surface area contributed by atoms with Crippen molar-refractivity contribution in [3.8, 4) is 0 Å². The highest BCUT2D eigenvalue weighted by atomic mass is 32.2. The number of alkyl halides is 9. The van der Waals surface area contributed by atoms with Crippen LogP contribution in [0.25, 0.3) is 0 Å². The van der Waals surface area contributed by atoms with E-state index in [2.05, 4.69) is 0 Å². The molecule has 0 bridgehead atoms. The van der Waals surface area contributed by atoms with Crippen molar-refractivity contribution in [2.75, 3.05) is 0 Å². The van der Waals surface area contributed by atoms with E-state index in [9.17, 15) is 69.9 Å². The smallest absolute Gasteiger partial charge is 0.217 e. The lowest BCUT2D eigenvalue weighted by molar-refractivity contribution is -0.382. The van der Waals surface area contributed by atoms with Gasteiger partial charge in [0.05, 0.1) is 0 Å². The Morgan fingerprint density at radius 1 is 0.519 bits per heavy atom. The van der Waals surface area contributed by atoms with E-state index in [1.165, 1.54) is 0 Å². The van der Waals surface area contributed by atoms with Gasteiger partial charge in [0.1, 0.15) is 0 Å². The van der Waals surface area contributed by atoms with Crippen LogP contribution in [0.2, 0.25) is 0 Å². The molecule has 0 aromatic heterocycles. The minimum Gasteiger partial charge on any atom is -0.217 e. The fourth-order valence-electron chi connectivity index (χ4n) is 1.48. The maximum Gasteiger partial charge on any atom is 0.460 e. The molecular weight excluding hydrogens is 450 g/mol. The number of sulfone groups is 1. The van der Waals surface area contributed by atoms with Gasteiger partial charge in [0.15, 0.2) is 28.2 Å². The third kappa shape index (κ3) is 2.89. The molecule has 0 saturated carbocycles. The lowest BCUT2D eigenvalue weighted by Gasteiger charge is -2.33. The second-order valence-electron chi connectivity index (χ2n) is 4.57. The van der Waals surface area contributed by atoms with Crippen molar-refractivity contribution in [2.45, 2.75) is 28.2 Å². The molecule has 0 N–H and O–H groups in total. The zero-order chi connectivity index (χ0) is 22.0. The fourth-order valence-corrected chi connectivity index (χ4v) is 2.85.